The van der Waals surface area contributed by atoms with Crippen molar-refractivity contribution in [3.63, 3.8) is 0 Å². The number of nitrogens with one attached hydrogen (secondary N) is 1. The van der Waals surface area contributed by atoms with Crippen LogP contribution in [-0.4, -0.2) is 4.98 Å². The summed E-state index contributed by atoms with van der Waals surface area (Å²) in [5.74, 6) is 0.972. The number of fused-ring (bicyclic) bond motifs is 4. The van der Waals surface area contributed by atoms with Crippen molar-refractivity contribution in [1.29, 1.82) is 0 Å². The molecule has 0 fully saturated rings. The molecule has 2 bridgehead atoms. The van der Waals surface area contributed by atoms with Gasteiger partial charge in [0.15, 0.2) is 0 Å². The molecule has 0 aromatic carbocycles. The Kier molecular flexibility index (Phi) is 2.32. The van der Waals surface area contributed by atoms with Crippen molar-refractivity contribution < 1.29 is 0 Å². The first-order valence-corrected chi connectivity index (χ1v) is 6.24. The van der Waals surface area contributed by atoms with Crippen molar-refractivity contribution in [2.45, 2.75) is 32.6 Å². The third-order valence-corrected chi connectivity index (χ3v) is 4.01. The molecule has 0 aliphatic heterocycles. The summed E-state index contributed by atoms with van der Waals surface area (Å²) in [6.45, 7) is 4.34. The van der Waals surface area contributed by atoms with Gasteiger partial charge < -0.3 is 4.98 Å². The van der Waals surface area contributed by atoms with Crippen LogP contribution in [0, 0.1) is 5.92 Å². The summed E-state index contributed by atoms with van der Waals surface area (Å²) in [6, 6.07) is 3.66. The van der Waals surface area contributed by atoms with Crippen LogP contribution in [0.15, 0.2) is 40.2 Å². The van der Waals surface area contributed by atoms with Crippen molar-refractivity contribution in [3.8, 4) is 0 Å². The van der Waals surface area contributed by atoms with Gasteiger partial charge in [-0.15, -0.1) is 0 Å². The number of rotatable bonds is 0. The van der Waals surface area contributed by atoms with Crippen LogP contribution in [0.1, 0.15) is 37.4 Å². The van der Waals surface area contributed by atoms with Crippen molar-refractivity contribution in [3.05, 3.63) is 57.0 Å². The minimum absolute atomic E-state index is 0.0199. The molecule has 0 radical (unpaired) electrons. The molecular formula is C15H17NO. The lowest BCUT2D eigenvalue weighted by molar-refractivity contribution is 0.552. The molecule has 0 saturated carbocycles. The van der Waals surface area contributed by atoms with E-state index in [4.69, 9.17) is 0 Å². The van der Waals surface area contributed by atoms with Crippen LogP contribution >= 0.6 is 0 Å². The second-order valence-electron chi connectivity index (χ2n) is 5.13. The third kappa shape index (κ3) is 1.59. The SMILES string of the molecule is CC=C1[C@H]2C=C(C)C[C@@H]1c1ccc(=O)[nH]c1C2. The van der Waals surface area contributed by atoms with Gasteiger partial charge in [-0.1, -0.05) is 29.4 Å². The Morgan fingerprint density at radius 3 is 2.94 bits per heavy atom. The summed E-state index contributed by atoms with van der Waals surface area (Å²) in [5.41, 5.74) is 5.48. The smallest absolute Gasteiger partial charge is 0.248 e. The molecule has 2 atom stereocenters. The molecule has 1 aromatic heterocycles. The molecule has 1 N–H and O–H groups in total. The van der Waals surface area contributed by atoms with Gasteiger partial charge in [0.1, 0.15) is 0 Å². The topological polar surface area (TPSA) is 32.9 Å². The zero-order valence-electron chi connectivity index (χ0n) is 10.3. The van der Waals surface area contributed by atoms with Gasteiger partial charge in [-0.25, -0.2) is 0 Å². The molecule has 2 aliphatic rings. The van der Waals surface area contributed by atoms with Gasteiger partial charge in [0.2, 0.25) is 5.56 Å². The van der Waals surface area contributed by atoms with E-state index in [2.05, 4.69) is 31.0 Å². The maximum atomic E-state index is 11.4. The van der Waals surface area contributed by atoms with Crippen LogP contribution in [0.2, 0.25) is 0 Å². The van der Waals surface area contributed by atoms with Gasteiger partial charge >= 0.3 is 0 Å². The van der Waals surface area contributed by atoms with Crippen LogP contribution in [-0.2, 0) is 6.42 Å². The van der Waals surface area contributed by atoms with Gasteiger partial charge in [0, 0.05) is 23.6 Å². The first-order chi connectivity index (χ1) is 8.19. The highest BCUT2D eigenvalue weighted by Gasteiger charge is 2.33. The first-order valence-electron chi connectivity index (χ1n) is 6.24. The van der Waals surface area contributed by atoms with Crippen molar-refractivity contribution >= 4 is 0 Å². The lowest BCUT2D eigenvalue weighted by Gasteiger charge is -2.37. The van der Waals surface area contributed by atoms with Gasteiger partial charge in [-0.05, 0) is 32.3 Å². The zero-order chi connectivity index (χ0) is 12.0. The fourth-order valence-electron chi connectivity index (χ4n) is 3.33. The van der Waals surface area contributed by atoms with E-state index in [1.54, 1.807) is 6.07 Å². The average molecular weight is 227 g/mol. The molecule has 2 nitrogen and oxygen atoms in total. The molecule has 88 valence electrons. The molecule has 0 unspecified atom stereocenters. The second kappa shape index (κ2) is 3.73. The quantitative estimate of drug-likeness (QED) is 0.679. The second-order valence-corrected chi connectivity index (χ2v) is 5.13. The molecule has 17 heavy (non-hydrogen) atoms. The minimum atomic E-state index is 0.0199. The maximum absolute atomic E-state index is 11.4. The van der Waals surface area contributed by atoms with E-state index in [1.807, 2.05) is 6.07 Å². The number of H-pyrrole nitrogens is 1. The highest BCUT2D eigenvalue weighted by Crippen LogP contribution is 2.45. The Bertz CT molecular complexity index is 577. The lowest BCUT2D eigenvalue weighted by Crippen LogP contribution is -2.27. The van der Waals surface area contributed by atoms with Crippen LogP contribution in [0.4, 0.5) is 0 Å². The molecular weight excluding hydrogens is 210 g/mol. The minimum Gasteiger partial charge on any atom is -0.326 e. The summed E-state index contributed by atoms with van der Waals surface area (Å²) >= 11 is 0. The fraction of sp³-hybridized carbons (Fsp3) is 0.400. The Labute approximate surface area is 101 Å². The number of allylic oxidation sites excluding steroid dienone is 4. The molecule has 0 amide bonds. The molecule has 0 spiro atoms. The number of pyridine rings is 1. The van der Waals surface area contributed by atoms with E-state index in [1.165, 1.54) is 16.7 Å². The average Bonchev–Trinajstić information content (AvgIpc) is 2.27. The van der Waals surface area contributed by atoms with E-state index in [9.17, 15) is 4.79 Å². The van der Waals surface area contributed by atoms with Gasteiger partial charge in [0.05, 0.1) is 0 Å². The molecule has 3 rings (SSSR count). The highest BCUT2D eigenvalue weighted by molar-refractivity contribution is 5.44. The van der Waals surface area contributed by atoms with Gasteiger partial charge in [-0.2, -0.15) is 0 Å². The predicted octanol–water partition coefficient (Wildman–Crippen LogP) is 2.93. The monoisotopic (exact) mass is 227 g/mol. The number of hydrogen-bond donors (Lipinski definition) is 1. The van der Waals surface area contributed by atoms with E-state index in [-0.39, 0.29) is 5.56 Å². The van der Waals surface area contributed by atoms with E-state index >= 15 is 0 Å². The predicted molar refractivity (Wildman–Crippen MR) is 69.1 cm³/mol. The lowest BCUT2D eigenvalue weighted by atomic mass is 9.68. The maximum Gasteiger partial charge on any atom is 0.248 e. The molecule has 2 aliphatic carbocycles. The van der Waals surface area contributed by atoms with Crippen LogP contribution in [0.5, 0.6) is 0 Å². The Morgan fingerprint density at radius 1 is 1.35 bits per heavy atom. The highest BCUT2D eigenvalue weighted by atomic mass is 16.1. The third-order valence-electron chi connectivity index (χ3n) is 4.01. The molecule has 0 saturated heterocycles. The van der Waals surface area contributed by atoms with Crippen molar-refractivity contribution in [2.24, 2.45) is 5.92 Å². The summed E-state index contributed by atoms with van der Waals surface area (Å²) in [6.07, 6.45) is 6.65. The zero-order valence-corrected chi connectivity index (χ0v) is 10.3. The largest absolute Gasteiger partial charge is 0.326 e. The standard InChI is InChI=1S/C15H17NO/c1-3-11-10-6-9(2)7-13(11)12-4-5-15(17)16-14(12)8-10/h3-6,10,13H,7-8H2,1-2H3,(H,16,17)/t10-,13-/m0/s1. The normalized spacial score (nSPS) is 28.8. The molecule has 1 aromatic rings. The number of aromatic amines is 1. The molecule has 1 heterocycles. The fourth-order valence-corrected chi connectivity index (χ4v) is 3.33. The number of aromatic nitrogens is 1. The van der Waals surface area contributed by atoms with Crippen LogP contribution in [0.25, 0.3) is 0 Å². The van der Waals surface area contributed by atoms with Gasteiger partial charge in [-0.3, -0.25) is 4.79 Å². The molecule has 2 heteroatoms. The Balaban J connectivity index is 2.19. The van der Waals surface area contributed by atoms with Crippen LogP contribution < -0.4 is 5.56 Å². The first kappa shape index (κ1) is 10.6. The van der Waals surface area contributed by atoms with E-state index in [0.717, 1.165) is 18.5 Å². The Hall–Kier alpha value is -1.57. The summed E-state index contributed by atoms with van der Waals surface area (Å²) < 4.78 is 0. The van der Waals surface area contributed by atoms with Crippen molar-refractivity contribution in [1.82, 2.24) is 4.98 Å². The van der Waals surface area contributed by atoms with E-state index < -0.39 is 0 Å². The summed E-state index contributed by atoms with van der Waals surface area (Å²) in [4.78, 5) is 14.4. The summed E-state index contributed by atoms with van der Waals surface area (Å²) in [5, 5.41) is 0. The number of hydrogen-bond acceptors (Lipinski definition) is 1. The van der Waals surface area contributed by atoms with E-state index in [0.29, 0.717) is 11.8 Å². The summed E-state index contributed by atoms with van der Waals surface area (Å²) in [7, 11) is 0. The van der Waals surface area contributed by atoms with Gasteiger partial charge in [0.25, 0.3) is 0 Å². The Morgan fingerprint density at radius 2 is 2.18 bits per heavy atom. The van der Waals surface area contributed by atoms with Crippen molar-refractivity contribution in [2.75, 3.05) is 0 Å². The van der Waals surface area contributed by atoms with Crippen LogP contribution in [0.3, 0.4) is 0 Å².